The maximum atomic E-state index is 13.4. The highest BCUT2D eigenvalue weighted by molar-refractivity contribution is 5.94. The fraction of sp³-hybridized carbons (Fsp3) is 0.227. The molecular formula is C22H17F3N4O3. The molecule has 4 rings (SSSR count). The topological polar surface area (TPSA) is 100 Å². The number of amides is 1. The Bertz CT molecular complexity index is 1210. The van der Waals surface area contributed by atoms with Gasteiger partial charge in [0.1, 0.15) is 6.61 Å². The molecule has 2 N–H and O–H groups in total. The molecule has 0 radical (unpaired) electrons. The second kappa shape index (κ2) is 8.26. The number of carbonyl (C=O) groups is 1. The number of anilines is 1. The maximum Gasteiger partial charge on any atom is 0.416 e. The summed E-state index contributed by atoms with van der Waals surface area (Å²) in [6, 6.07) is 10.1. The Morgan fingerprint density at radius 2 is 2.03 bits per heavy atom. The third-order valence-corrected chi connectivity index (χ3v) is 5.21. The number of nitrogens with one attached hydrogen (secondary N) is 2. The van der Waals surface area contributed by atoms with E-state index < -0.39 is 11.7 Å². The number of benzene rings is 2. The van der Waals surface area contributed by atoms with Crippen LogP contribution in [0, 0.1) is 11.3 Å². The number of aromatic amines is 1. The number of hydrogen-bond acceptors (Lipinski definition) is 5. The smallest absolute Gasteiger partial charge is 0.416 e. The highest BCUT2D eigenvalue weighted by Gasteiger charge is 2.34. The van der Waals surface area contributed by atoms with E-state index in [4.69, 9.17) is 14.7 Å². The van der Waals surface area contributed by atoms with Crippen LogP contribution >= 0.6 is 0 Å². The van der Waals surface area contributed by atoms with Gasteiger partial charge in [-0.2, -0.15) is 23.5 Å². The van der Waals surface area contributed by atoms with Gasteiger partial charge in [0.15, 0.2) is 17.3 Å². The molecule has 0 aliphatic carbocycles. The molecule has 7 nitrogen and oxygen atoms in total. The number of halogens is 3. The highest BCUT2D eigenvalue weighted by Crippen LogP contribution is 2.40. The van der Waals surface area contributed by atoms with E-state index in [1.165, 1.54) is 19.2 Å². The standard InChI is InChI=1S/C22H17F3N4O3/c1-31-19-7-13(15-8-20(30)28-21-16(15)10-27-29-21)4-5-18(19)32-11-14-3-2-12(9-26)6-17(14)22(23,24)25/h2-7,10,15H,8,11H2,1H3,(H2,27,28,29,30). The van der Waals surface area contributed by atoms with Gasteiger partial charge in [-0.05, 0) is 29.8 Å². The van der Waals surface area contributed by atoms with Gasteiger partial charge in [0, 0.05) is 29.7 Å². The number of methoxy groups -OCH3 is 1. The van der Waals surface area contributed by atoms with E-state index >= 15 is 0 Å². The van der Waals surface area contributed by atoms with Crippen molar-refractivity contribution in [3.05, 3.63) is 70.4 Å². The zero-order valence-electron chi connectivity index (χ0n) is 16.8. The zero-order chi connectivity index (χ0) is 22.9. The van der Waals surface area contributed by atoms with Crippen molar-refractivity contribution < 1.29 is 27.4 Å². The molecule has 1 aliphatic rings. The molecule has 2 aromatic carbocycles. The van der Waals surface area contributed by atoms with Gasteiger partial charge in [-0.1, -0.05) is 12.1 Å². The van der Waals surface area contributed by atoms with Crippen molar-refractivity contribution in [3.63, 3.8) is 0 Å². The molecule has 1 atom stereocenters. The molecule has 0 saturated carbocycles. The average Bonchev–Trinajstić information content (AvgIpc) is 3.24. The summed E-state index contributed by atoms with van der Waals surface area (Å²) in [5.41, 5.74) is 0.495. The average molecular weight is 442 g/mol. The number of nitrogens with zero attached hydrogens (tertiary/aromatic N) is 2. The number of ether oxygens (including phenoxy) is 2. The van der Waals surface area contributed by atoms with Gasteiger partial charge >= 0.3 is 6.18 Å². The molecule has 0 fully saturated rings. The third kappa shape index (κ3) is 4.09. The number of rotatable bonds is 5. The summed E-state index contributed by atoms with van der Waals surface area (Å²) in [4.78, 5) is 12.0. The van der Waals surface area contributed by atoms with Crippen molar-refractivity contribution in [2.45, 2.75) is 25.1 Å². The van der Waals surface area contributed by atoms with E-state index in [-0.39, 0.29) is 41.7 Å². The lowest BCUT2D eigenvalue weighted by molar-refractivity contribution is -0.138. The molecule has 0 spiro atoms. The SMILES string of the molecule is COc1cc(C2CC(=O)Nc3n[nH]cc32)ccc1OCc1ccc(C#N)cc1C(F)(F)F. The zero-order valence-corrected chi connectivity index (χ0v) is 16.8. The van der Waals surface area contributed by atoms with Gasteiger partial charge in [-0.25, -0.2) is 0 Å². The van der Waals surface area contributed by atoms with Gasteiger partial charge in [-0.3, -0.25) is 9.89 Å². The van der Waals surface area contributed by atoms with Crippen LogP contribution in [0.3, 0.4) is 0 Å². The summed E-state index contributed by atoms with van der Waals surface area (Å²) in [6.45, 7) is -0.367. The fourth-order valence-electron chi connectivity index (χ4n) is 3.65. The normalized spacial score (nSPS) is 15.5. The molecule has 1 amide bonds. The Hall–Kier alpha value is -4.00. The Morgan fingerprint density at radius 1 is 1.22 bits per heavy atom. The third-order valence-electron chi connectivity index (χ3n) is 5.21. The number of fused-ring (bicyclic) bond motifs is 1. The highest BCUT2D eigenvalue weighted by atomic mass is 19.4. The Balaban J connectivity index is 1.60. The number of carbonyl (C=O) groups excluding carboxylic acids is 1. The van der Waals surface area contributed by atoms with Crippen molar-refractivity contribution in [2.24, 2.45) is 0 Å². The van der Waals surface area contributed by atoms with Crippen LogP contribution in [-0.4, -0.2) is 23.2 Å². The van der Waals surface area contributed by atoms with E-state index in [0.29, 0.717) is 11.6 Å². The van der Waals surface area contributed by atoms with Crippen molar-refractivity contribution in [1.29, 1.82) is 5.26 Å². The predicted molar refractivity (Wildman–Crippen MR) is 107 cm³/mol. The summed E-state index contributed by atoms with van der Waals surface area (Å²) in [7, 11) is 1.42. The minimum Gasteiger partial charge on any atom is -0.493 e. The first-order chi connectivity index (χ1) is 15.3. The molecule has 1 aliphatic heterocycles. The van der Waals surface area contributed by atoms with Crippen LogP contribution in [0.15, 0.2) is 42.6 Å². The summed E-state index contributed by atoms with van der Waals surface area (Å²) in [6.07, 6.45) is -2.70. The number of nitriles is 1. The first-order valence-electron chi connectivity index (χ1n) is 9.54. The van der Waals surface area contributed by atoms with Gasteiger partial charge < -0.3 is 14.8 Å². The first kappa shape index (κ1) is 21.2. The van der Waals surface area contributed by atoms with Crippen LogP contribution < -0.4 is 14.8 Å². The Kier molecular flexibility index (Phi) is 5.48. The van der Waals surface area contributed by atoms with E-state index in [1.807, 2.05) is 0 Å². The molecule has 32 heavy (non-hydrogen) atoms. The van der Waals surface area contributed by atoms with Crippen LogP contribution in [0.25, 0.3) is 0 Å². The lowest BCUT2D eigenvalue weighted by Crippen LogP contribution is -2.23. The second-order valence-corrected chi connectivity index (χ2v) is 7.17. The van der Waals surface area contributed by atoms with Crippen molar-refractivity contribution in [1.82, 2.24) is 10.2 Å². The molecule has 10 heteroatoms. The minimum atomic E-state index is -4.62. The van der Waals surface area contributed by atoms with Crippen LogP contribution in [0.2, 0.25) is 0 Å². The molecule has 1 aromatic heterocycles. The predicted octanol–water partition coefficient (Wildman–Crippen LogP) is 4.36. The fourth-order valence-corrected chi connectivity index (χ4v) is 3.65. The molecule has 1 unspecified atom stereocenters. The van der Waals surface area contributed by atoms with Gasteiger partial charge in [-0.15, -0.1) is 0 Å². The van der Waals surface area contributed by atoms with E-state index in [9.17, 15) is 18.0 Å². The molecule has 3 aromatic rings. The summed E-state index contributed by atoms with van der Waals surface area (Å²) < 4.78 is 51.2. The first-order valence-corrected chi connectivity index (χ1v) is 9.54. The maximum absolute atomic E-state index is 13.4. The summed E-state index contributed by atoms with van der Waals surface area (Å²) in [5, 5.41) is 18.3. The Morgan fingerprint density at radius 3 is 2.75 bits per heavy atom. The van der Waals surface area contributed by atoms with Gasteiger partial charge in [0.25, 0.3) is 0 Å². The van der Waals surface area contributed by atoms with E-state index in [1.54, 1.807) is 30.5 Å². The lowest BCUT2D eigenvalue weighted by atomic mass is 9.87. The molecule has 0 bridgehead atoms. The molecule has 0 saturated heterocycles. The van der Waals surface area contributed by atoms with E-state index in [0.717, 1.165) is 17.2 Å². The number of hydrogen-bond donors (Lipinski definition) is 2. The van der Waals surface area contributed by atoms with Gasteiger partial charge in [0.2, 0.25) is 5.91 Å². The van der Waals surface area contributed by atoms with Crippen LogP contribution in [0.5, 0.6) is 11.5 Å². The molecule has 2 heterocycles. The van der Waals surface area contributed by atoms with Crippen LogP contribution in [0.1, 0.15) is 40.2 Å². The quantitative estimate of drug-likeness (QED) is 0.612. The van der Waals surface area contributed by atoms with Crippen LogP contribution in [-0.2, 0) is 17.6 Å². The second-order valence-electron chi connectivity index (χ2n) is 7.17. The molecule has 164 valence electrons. The molecular weight excluding hydrogens is 425 g/mol. The van der Waals surface area contributed by atoms with Crippen molar-refractivity contribution >= 4 is 11.7 Å². The lowest BCUT2D eigenvalue weighted by Gasteiger charge is -2.23. The number of alkyl halides is 3. The minimum absolute atomic E-state index is 0.0851. The van der Waals surface area contributed by atoms with Gasteiger partial charge in [0.05, 0.1) is 24.3 Å². The summed E-state index contributed by atoms with van der Waals surface area (Å²) in [5.74, 6) is 0.610. The largest absolute Gasteiger partial charge is 0.493 e. The van der Waals surface area contributed by atoms with Crippen molar-refractivity contribution in [2.75, 3.05) is 12.4 Å². The van der Waals surface area contributed by atoms with Crippen LogP contribution in [0.4, 0.5) is 19.0 Å². The number of aromatic nitrogens is 2. The number of H-pyrrole nitrogens is 1. The van der Waals surface area contributed by atoms with E-state index in [2.05, 4.69) is 15.5 Å². The van der Waals surface area contributed by atoms with Crippen molar-refractivity contribution in [3.8, 4) is 17.6 Å². The summed E-state index contributed by atoms with van der Waals surface area (Å²) >= 11 is 0. The monoisotopic (exact) mass is 442 g/mol. The Labute approximate surface area is 180 Å².